The number of carbonyl (C=O) groups excluding carboxylic acids is 1. The van der Waals surface area contributed by atoms with E-state index in [9.17, 15) is 13.2 Å². The van der Waals surface area contributed by atoms with Crippen LogP contribution in [0, 0.1) is 13.8 Å². The molecule has 3 rings (SSSR count). The van der Waals surface area contributed by atoms with Crippen molar-refractivity contribution in [3.63, 3.8) is 0 Å². The number of aryl methyl sites for hydroxylation is 1. The molecule has 1 amide bonds. The molecule has 0 aliphatic heterocycles. The fourth-order valence-corrected chi connectivity index (χ4v) is 3.86. The lowest BCUT2D eigenvalue weighted by molar-refractivity contribution is 0.102. The maximum absolute atomic E-state index is 12.6. The molecule has 0 aromatic heterocycles. The average Bonchev–Trinajstić information content (AvgIpc) is 2.64. The molecule has 2 N–H and O–H groups in total. The van der Waals surface area contributed by atoms with Crippen LogP contribution in [0.25, 0.3) is 0 Å². The summed E-state index contributed by atoms with van der Waals surface area (Å²) in [5.74, 6) is -0.293. The summed E-state index contributed by atoms with van der Waals surface area (Å²) in [5, 5.41) is 2.85. The summed E-state index contributed by atoms with van der Waals surface area (Å²) >= 11 is 0. The van der Waals surface area contributed by atoms with Gasteiger partial charge in [0.05, 0.1) is 10.6 Å². The van der Waals surface area contributed by atoms with Crippen molar-refractivity contribution >= 4 is 27.3 Å². The number of benzene rings is 3. The number of amides is 1. The molecule has 138 valence electrons. The van der Waals surface area contributed by atoms with Gasteiger partial charge in [0.15, 0.2) is 0 Å². The van der Waals surface area contributed by atoms with E-state index >= 15 is 0 Å². The Hall–Kier alpha value is -3.12. The summed E-state index contributed by atoms with van der Waals surface area (Å²) in [6, 6.07) is 20.6. The highest BCUT2D eigenvalue weighted by Gasteiger charge is 2.18. The minimum Gasteiger partial charge on any atom is -0.322 e. The van der Waals surface area contributed by atoms with E-state index in [1.807, 2.05) is 31.2 Å². The van der Waals surface area contributed by atoms with Gasteiger partial charge in [-0.15, -0.1) is 0 Å². The van der Waals surface area contributed by atoms with E-state index < -0.39 is 10.0 Å². The monoisotopic (exact) mass is 380 g/mol. The number of hydrogen-bond acceptors (Lipinski definition) is 3. The van der Waals surface area contributed by atoms with Crippen molar-refractivity contribution in [2.24, 2.45) is 0 Å². The molecule has 6 heteroatoms. The zero-order chi connectivity index (χ0) is 19.4. The van der Waals surface area contributed by atoms with E-state index in [1.54, 1.807) is 43.3 Å². The number of nitrogens with one attached hydrogen (secondary N) is 2. The van der Waals surface area contributed by atoms with Gasteiger partial charge in [-0.3, -0.25) is 9.52 Å². The number of sulfonamides is 1. The zero-order valence-electron chi connectivity index (χ0n) is 15.1. The predicted molar refractivity (Wildman–Crippen MR) is 108 cm³/mol. The van der Waals surface area contributed by atoms with Crippen LogP contribution >= 0.6 is 0 Å². The first-order valence-electron chi connectivity index (χ1n) is 8.42. The smallest absolute Gasteiger partial charge is 0.261 e. The Labute approximate surface area is 159 Å². The predicted octanol–water partition coefficient (Wildman–Crippen LogP) is 4.36. The molecule has 0 aliphatic carbocycles. The molecule has 0 aliphatic rings. The van der Waals surface area contributed by atoms with Crippen LogP contribution in [0.2, 0.25) is 0 Å². The van der Waals surface area contributed by atoms with Crippen molar-refractivity contribution in [1.29, 1.82) is 0 Å². The van der Waals surface area contributed by atoms with Crippen LogP contribution in [0.5, 0.6) is 0 Å². The molecule has 27 heavy (non-hydrogen) atoms. The number of carbonyl (C=O) groups is 1. The SMILES string of the molecule is Cc1cccc(NC(=O)c2cccc(NS(=O)(=O)c3ccccc3)c2C)c1. The fourth-order valence-electron chi connectivity index (χ4n) is 2.72. The lowest BCUT2D eigenvalue weighted by Crippen LogP contribution is -2.17. The second-order valence-corrected chi connectivity index (χ2v) is 7.90. The molecule has 0 saturated carbocycles. The van der Waals surface area contributed by atoms with Crippen molar-refractivity contribution < 1.29 is 13.2 Å². The topological polar surface area (TPSA) is 75.3 Å². The second kappa shape index (κ2) is 7.63. The van der Waals surface area contributed by atoms with Crippen LogP contribution in [0.15, 0.2) is 77.7 Å². The number of hydrogen-bond donors (Lipinski definition) is 2. The van der Waals surface area contributed by atoms with Gasteiger partial charge >= 0.3 is 0 Å². The van der Waals surface area contributed by atoms with Crippen LogP contribution in [0.4, 0.5) is 11.4 Å². The third-order valence-electron chi connectivity index (χ3n) is 4.15. The molecule has 0 radical (unpaired) electrons. The van der Waals surface area contributed by atoms with E-state index in [0.29, 0.717) is 22.5 Å². The molecule has 0 unspecified atom stereocenters. The van der Waals surface area contributed by atoms with Gasteiger partial charge in [0.25, 0.3) is 15.9 Å². The van der Waals surface area contributed by atoms with E-state index in [0.717, 1.165) is 5.56 Å². The highest BCUT2D eigenvalue weighted by Crippen LogP contribution is 2.23. The normalized spacial score (nSPS) is 11.0. The highest BCUT2D eigenvalue weighted by atomic mass is 32.2. The average molecular weight is 380 g/mol. The lowest BCUT2D eigenvalue weighted by atomic mass is 10.1. The van der Waals surface area contributed by atoms with Crippen LogP contribution in [-0.4, -0.2) is 14.3 Å². The summed E-state index contributed by atoms with van der Waals surface area (Å²) in [5.41, 5.74) is 3.06. The van der Waals surface area contributed by atoms with Crippen molar-refractivity contribution in [3.05, 3.63) is 89.5 Å². The Kier molecular flexibility index (Phi) is 5.28. The molecule has 0 heterocycles. The van der Waals surface area contributed by atoms with Gasteiger partial charge in [-0.05, 0) is 61.4 Å². The zero-order valence-corrected chi connectivity index (χ0v) is 15.9. The molecular formula is C21H20N2O3S. The van der Waals surface area contributed by atoms with Crippen LogP contribution in [0.3, 0.4) is 0 Å². The van der Waals surface area contributed by atoms with Gasteiger partial charge in [0.1, 0.15) is 0 Å². The molecule has 3 aromatic rings. The third-order valence-corrected chi connectivity index (χ3v) is 5.53. The number of anilines is 2. The van der Waals surface area contributed by atoms with Crippen molar-refractivity contribution in [1.82, 2.24) is 0 Å². The molecule has 5 nitrogen and oxygen atoms in total. The standard InChI is InChI=1S/C21H20N2O3S/c1-15-8-6-9-17(14-15)22-21(24)19-12-7-13-20(16(19)2)23-27(25,26)18-10-4-3-5-11-18/h3-14,23H,1-2H3,(H,22,24). The van der Waals surface area contributed by atoms with E-state index in [4.69, 9.17) is 0 Å². The Morgan fingerprint density at radius 1 is 0.852 bits per heavy atom. The van der Waals surface area contributed by atoms with Crippen LogP contribution < -0.4 is 10.0 Å². The molecule has 0 spiro atoms. The molecular weight excluding hydrogens is 360 g/mol. The number of rotatable bonds is 5. The largest absolute Gasteiger partial charge is 0.322 e. The Morgan fingerprint density at radius 3 is 2.26 bits per heavy atom. The van der Waals surface area contributed by atoms with Gasteiger partial charge in [-0.2, -0.15) is 0 Å². The summed E-state index contributed by atoms with van der Waals surface area (Å²) < 4.78 is 27.7. The Balaban J connectivity index is 1.87. The molecule has 3 aromatic carbocycles. The minimum absolute atomic E-state index is 0.166. The Morgan fingerprint density at radius 2 is 1.56 bits per heavy atom. The summed E-state index contributed by atoms with van der Waals surface area (Å²) in [6.45, 7) is 3.66. The van der Waals surface area contributed by atoms with Crippen LogP contribution in [0.1, 0.15) is 21.5 Å². The maximum atomic E-state index is 12.6. The summed E-state index contributed by atoms with van der Waals surface area (Å²) in [4.78, 5) is 12.8. The van der Waals surface area contributed by atoms with Gasteiger partial charge in [0, 0.05) is 11.3 Å². The molecule has 0 saturated heterocycles. The molecule has 0 atom stereocenters. The first kappa shape index (κ1) is 18.7. The van der Waals surface area contributed by atoms with E-state index in [2.05, 4.69) is 10.0 Å². The quantitative estimate of drug-likeness (QED) is 0.691. The van der Waals surface area contributed by atoms with Gasteiger partial charge in [-0.1, -0.05) is 36.4 Å². The van der Waals surface area contributed by atoms with Crippen molar-refractivity contribution in [2.75, 3.05) is 10.0 Å². The summed E-state index contributed by atoms with van der Waals surface area (Å²) in [6.07, 6.45) is 0. The third kappa shape index (κ3) is 4.35. The first-order valence-corrected chi connectivity index (χ1v) is 9.90. The van der Waals surface area contributed by atoms with Gasteiger partial charge in [-0.25, -0.2) is 8.42 Å². The molecule has 0 fully saturated rings. The van der Waals surface area contributed by atoms with Crippen molar-refractivity contribution in [3.8, 4) is 0 Å². The lowest BCUT2D eigenvalue weighted by Gasteiger charge is -2.14. The molecule has 0 bridgehead atoms. The first-order chi connectivity index (χ1) is 12.9. The van der Waals surface area contributed by atoms with Crippen LogP contribution in [-0.2, 0) is 10.0 Å². The van der Waals surface area contributed by atoms with E-state index in [1.165, 1.54) is 12.1 Å². The second-order valence-electron chi connectivity index (χ2n) is 6.22. The Bertz CT molecular complexity index is 1080. The summed E-state index contributed by atoms with van der Waals surface area (Å²) in [7, 11) is -3.72. The van der Waals surface area contributed by atoms with Gasteiger partial charge < -0.3 is 5.32 Å². The maximum Gasteiger partial charge on any atom is 0.261 e. The van der Waals surface area contributed by atoms with E-state index in [-0.39, 0.29) is 10.8 Å². The minimum atomic E-state index is -3.72. The van der Waals surface area contributed by atoms with Gasteiger partial charge in [0.2, 0.25) is 0 Å². The highest BCUT2D eigenvalue weighted by molar-refractivity contribution is 7.92. The fraction of sp³-hybridized carbons (Fsp3) is 0.0952. The van der Waals surface area contributed by atoms with Crippen molar-refractivity contribution in [2.45, 2.75) is 18.7 Å².